The lowest BCUT2D eigenvalue weighted by Gasteiger charge is -2.42. The number of aromatic nitrogens is 3. The molecule has 2 bridgehead atoms. The molecule has 0 radical (unpaired) electrons. The Morgan fingerprint density at radius 3 is 2.47 bits per heavy atom. The third kappa shape index (κ3) is 5.09. The largest absolute Gasteiger partial charge is 0.463 e. The number of rotatable bonds is 6. The van der Waals surface area contributed by atoms with E-state index in [1.165, 1.54) is 19.0 Å². The summed E-state index contributed by atoms with van der Waals surface area (Å²) in [4.78, 5) is 32.7. The number of nitrogens with zero attached hydrogens (tertiary/aromatic N) is 6. The first-order chi connectivity index (χ1) is 18.1. The van der Waals surface area contributed by atoms with E-state index in [9.17, 15) is 4.79 Å². The molecule has 5 heterocycles. The third-order valence-corrected chi connectivity index (χ3v) is 8.47. The number of pyridine rings is 1. The molecule has 2 unspecified atom stereocenters. The number of hydrogen-bond donors (Lipinski definition) is 0. The molecule has 6 rings (SSSR count). The molecule has 4 fully saturated rings. The maximum absolute atomic E-state index is 15.1. The molecule has 2 aromatic rings. The summed E-state index contributed by atoms with van der Waals surface area (Å²) in [7, 11) is 0. The number of carbonyl (C=O) groups excluding carboxylic acids is 1. The van der Waals surface area contributed by atoms with Gasteiger partial charge in [0, 0.05) is 31.2 Å². The molecule has 3 saturated heterocycles. The van der Waals surface area contributed by atoms with Gasteiger partial charge in [0.1, 0.15) is 16.9 Å². The molecule has 4 aliphatic rings. The van der Waals surface area contributed by atoms with Crippen LogP contribution in [0.3, 0.4) is 0 Å². The number of carbonyl (C=O) groups is 1. The van der Waals surface area contributed by atoms with Gasteiger partial charge in [-0.05, 0) is 72.4 Å². The van der Waals surface area contributed by atoms with Gasteiger partial charge in [0.2, 0.25) is 0 Å². The lowest BCUT2D eigenvalue weighted by molar-refractivity contribution is 0.0123. The standard InChI is InChI=1S/C27H36ClFN6O3/c1-26(2,3)38-25(36)35-17-6-7-18(35)14-34(13-17)23-19-12-30-22(28)20(29)21(19)31-24(32-23)37-16-27(8-9-27)15-33-10-4-5-11-33/h12,17-18H,4-11,13-16H2,1-3H3. The van der Waals surface area contributed by atoms with Crippen molar-refractivity contribution in [1.29, 1.82) is 0 Å². The Balaban J connectivity index is 1.25. The van der Waals surface area contributed by atoms with Gasteiger partial charge in [-0.15, -0.1) is 0 Å². The van der Waals surface area contributed by atoms with E-state index in [0.717, 1.165) is 45.3 Å². The topological polar surface area (TPSA) is 83.9 Å². The molecule has 2 aromatic heterocycles. The van der Waals surface area contributed by atoms with Gasteiger partial charge in [-0.3, -0.25) is 4.90 Å². The second-order valence-corrected chi connectivity index (χ2v) is 12.8. The summed E-state index contributed by atoms with van der Waals surface area (Å²) in [6.07, 6.45) is 7.74. The molecule has 1 amide bonds. The van der Waals surface area contributed by atoms with Crippen molar-refractivity contribution in [3.05, 3.63) is 17.2 Å². The Kier molecular flexibility index (Phi) is 6.53. The first kappa shape index (κ1) is 25.8. The van der Waals surface area contributed by atoms with Crippen LogP contribution in [0.25, 0.3) is 10.9 Å². The van der Waals surface area contributed by atoms with Crippen LogP contribution in [0.15, 0.2) is 6.20 Å². The number of fused-ring (bicyclic) bond motifs is 3. The lowest BCUT2D eigenvalue weighted by atomic mass is 10.1. The number of piperazine rings is 1. The number of anilines is 1. The summed E-state index contributed by atoms with van der Waals surface area (Å²) >= 11 is 6.03. The van der Waals surface area contributed by atoms with Gasteiger partial charge in [-0.1, -0.05) is 11.6 Å². The first-order valence-corrected chi connectivity index (χ1v) is 14.1. The molecule has 1 saturated carbocycles. The highest BCUT2D eigenvalue weighted by atomic mass is 35.5. The Morgan fingerprint density at radius 1 is 1.16 bits per heavy atom. The van der Waals surface area contributed by atoms with Crippen molar-refractivity contribution in [1.82, 2.24) is 24.8 Å². The third-order valence-electron chi connectivity index (χ3n) is 8.21. The summed E-state index contributed by atoms with van der Waals surface area (Å²) in [5.74, 6) is -0.107. The predicted molar refractivity (Wildman–Crippen MR) is 142 cm³/mol. The summed E-state index contributed by atoms with van der Waals surface area (Å²) in [6, 6.07) is 0.125. The summed E-state index contributed by atoms with van der Waals surface area (Å²) in [5, 5.41) is 0.262. The Labute approximate surface area is 227 Å². The van der Waals surface area contributed by atoms with Crippen LogP contribution in [0.5, 0.6) is 6.01 Å². The second-order valence-electron chi connectivity index (χ2n) is 12.4. The van der Waals surface area contributed by atoms with E-state index in [2.05, 4.69) is 19.8 Å². The zero-order valence-corrected chi connectivity index (χ0v) is 23.1. The van der Waals surface area contributed by atoms with Gasteiger partial charge < -0.3 is 19.3 Å². The minimum Gasteiger partial charge on any atom is -0.463 e. The van der Waals surface area contributed by atoms with Crippen LogP contribution < -0.4 is 9.64 Å². The fourth-order valence-corrected chi connectivity index (χ4v) is 6.29. The zero-order chi connectivity index (χ0) is 26.7. The fourth-order valence-electron chi connectivity index (χ4n) is 6.15. The molecule has 0 N–H and O–H groups in total. The summed E-state index contributed by atoms with van der Waals surface area (Å²) in [5.41, 5.74) is -0.328. The number of hydrogen-bond acceptors (Lipinski definition) is 8. The summed E-state index contributed by atoms with van der Waals surface area (Å²) in [6.45, 7) is 10.6. The fraction of sp³-hybridized carbons (Fsp3) is 0.704. The molecule has 0 spiro atoms. The van der Waals surface area contributed by atoms with Crippen molar-refractivity contribution in [3.63, 3.8) is 0 Å². The Bertz CT molecular complexity index is 1220. The number of likely N-dealkylation sites (tertiary alicyclic amines) is 1. The SMILES string of the molecule is CC(C)(C)OC(=O)N1C2CCC1CN(c1nc(OCC3(CN4CCCC4)CC3)nc3c(F)c(Cl)ncc13)C2. The van der Waals surface area contributed by atoms with Crippen molar-refractivity contribution in [2.45, 2.75) is 77.0 Å². The van der Waals surface area contributed by atoms with E-state index >= 15 is 4.39 Å². The molecule has 9 nitrogen and oxygen atoms in total. The van der Waals surface area contributed by atoms with Crippen molar-refractivity contribution in [2.75, 3.05) is 44.2 Å². The molecule has 0 aromatic carbocycles. The van der Waals surface area contributed by atoms with E-state index in [1.54, 1.807) is 0 Å². The minimum absolute atomic E-state index is 0.0155. The number of ether oxygens (including phenoxy) is 2. The van der Waals surface area contributed by atoms with E-state index in [1.807, 2.05) is 25.7 Å². The molecule has 2 atom stereocenters. The number of amides is 1. The molecule has 11 heteroatoms. The van der Waals surface area contributed by atoms with Crippen molar-refractivity contribution < 1.29 is 18.7 Å². The highest BCUT2D eigenvalue weighted by Crippen LogP contribution is 2.47. The Morgan fingerprint density at radius 2 is 1.84 bits per heavy atom. The average Bonchev–Trinajstić information content (AvgIpc) is 3.32. The van der Waals surface area contributed by atoms with Gasteiger partial charge in [-0.2, -0.15) is 9.97 Å². The minimum atomic E-state index is -0.675. The van der Waals surface area contributed by atoms with Gasteiger partial charge in [0.05, 0.1) is 24.1 Å². The maximum atomic E-state index is 15.1. The van der Waals surface area contributed by atoms with Gasteiger partial charge in [-0.25, -0.2) is 14.2 Å². The molecular weight excluding hydrogens is 511 g/mol. The summed E-state index contributed by atoms with van der Waals surface area (Å²) < 4.78 is 27.0. The molecule has 1 aliphatic carbocycles. The van der Waals surface area contributed by atoms with Crippen molar-refractivity contribution >= 4 is 34.4 Å². The Hall–Kier alpha value is -2.46. The zero-order valence-electron chi connectivity index (χ0n) is 22.4. The molecule has 206 valence electrons. The number of halogens is 2. The van der Waals surface area contributed by atoms with Crippen molar-refractivity contribution in [2.24, 2.45) is 5.41 Å². The van der Waals surface area contributed by atoms with Crippen LogP contribution in [-0.2, 0) is 4.74 Å². The van der Waals surface area contributed by atoms with E-state index in [0.29, 0.717) is 30.9 Å². The van der Waals surface area contributed by atoms with Gasteiger partial charge in [0.25, 0.3) is 0 Å². The van der Waals surface area contributed by atoms with E-state index in [4.69, 9.17) is 26.1 Å². The van der Waals surface area contributed by atoms with Crippen LogP contribution in [0.1, 0.15) is 59.3 Å². The molecular formula is C27H36ClFN6O3. The molecule has 3 aliphatic heterocycles. The van der Waals surface area contributed by atoms with Crippen LogP contribution in [0.4, 0.5) is 15.0 Å². The van der Waals surface area contributed by atoms with Crippen LogP contribution >= 0.6 is 11.6 Å². The second kappa shape index (κ2) is 9.62. The highest BCUT2D eigenvalue weighted by molar-refractivity contribution is 6.30. The van der Waals surface area contributed by atoms with Crippen LogP contribution in [0, 0.1) is 11.2 Å². The quantitative estimate of drug-likeness (QED) is 0.484. The highest BCUT2D eigenvalue weighted by Gasteiger charge is 2.46. The van der Waals surface area contributed by atoms with Crippen molar-refractivity contribution in [3.8, 4) is 6.01 Å². The predicted octanol–water partition coefficient (Wildman–Crippen LogP) is 4.66. The van der Waals surface area contributed by atoms with Gasteiger partial charge in [0.15, 0.2) is 11.0 Å². The van der Waals surface area contributed by atoms with E-state index in [-0.39, 0.29) is 40.3 Å². The lowest BCUT2D eigenvalue weighted by Crippen LogP contribution is -2.57. The van der Waals surface area contributed by atoms with E-state index < -0.39 is 11.4 Å². The monoisotopic (exact) mass is 546 g/mol. The first-order valence-electron chi connectivity index (χ1n) is 13.7. The normalized spacial score (nSPS) is 24.8. The van der Waals surface area contributed by atoms with Gasteiger partial charge >= 0.3 is 12.1 Å². The molecule has 38 heavy (non-hydrogen) atoms. The average molecular weight is 547 g/mol. The van der Waals surface area contributed by atoms with Crippen LogP contribution in [0.2, 0.25) is 5.15 Å². The van der Waals surface area contributed by atoms with Crippen LogP contribution in [-0.4, -0.2) is 87.9 Å². The maximum Gasteiger partial charge on any atom is 0.410 e. The smallest absolute Gasteiger partial charge is 0.410 e.